The van der Waals surface area contributed by atoms with Gasteiger partial charge in [-0.3, -0.25) is 19.3 Å². The van der Waals surface area contributed by atoms with Crippen molar-refractivity contribution in [1.29, 1.82) is 0 Å². The summed E-state index contributed by atoms with van der Waals surface area (Å²) in [4.78, 5) is 48.3. The van der Waals surface area contributed by atoms with E-state index in [0.717, 1.165) is 6.42 Å². The van der Waals surface area contributed by atoms with E-state index in [1.54, 1.807) is 0 Å². The van der Waals surface area contributed by atoms with Crippen molar-refractivity contribution in [2.75, 3.05) is 46.1 Å². The number of imide groups is 1. The van der Waals surface area contributed by atoms with Gasteiger partial charge < -0.3 is 24.8 Å². The zero-order chi connectivity index (χ0) is 23.3. The number of hydrogen-bond acceptors (Lipinski definition) is 6. The zero-order valence-corrected chi connectivity index (χ0v) is 18.7. The van der Waals surface area contributed by atoms with Gasteiger partial charge in [0.2, 0.25) is 5.91 Å². The summed E-state index contributed by atoms with van der Waals surface area (Å²) in [5.41, 5.74) is -0.479. The second-order valence-electron chi connectivity index (χ2n) is 8.15. The topological polar surface area (TPSA) is 125 Å². The SMILES string of the molecule is CC(C)(C)N(CCOCCOCCNC(=O)CCCCCN1C(=O)C=CC1=O)C(=O)O. The molecule has 176 valence electrons. The highest BCUT2D eigenvalue weighted by Crippen LogP contribution is 2.12. The Morgan fingerprint density at radius 1 is 1.00 bits per heavy atom. The van der Waals surface area contributed by atoms with E-state index >= 15 is 0 Å². The second-order valence-corrected chi connectivity index (χ2v) is 8.15. The monoisotopic (exact) mass is 441 g/mol. The average Bonchev–Trinajstić information content (AvgIpc) is 2.99. The molecule has 4 amide bonds. The Morgan fingerprint density at radius 2 is 1.61 bits per heavy atom. The quantitative estimate of drug-likeness (QED) is 0.291. The molecule has 0 aromatic rings. The molecule has 0 saturated heterocycles. The third-order valence-corrected chi connectivity index (χ3v) is 4.63. The number of unbranched alkanes of at least 4 members (excludes halogenated alkanes) is 2. The van der Waals surface area contributed by atoms with E-state index in [4.69, 9.17) is 9.47 Å². The third-order valence-electron chi connectivity index (χ3n) is 4.63. The molecule has 2 N–H and O–H groups in total. The van der Waals surface area contributed by atoms with E-state index in [-0.39, 0.29) is 24.3 Å². The molecular formula is C21H35N3O7. The Balaban J connectivity index is 1.93. The first-order valence-electron chi connectivity index (χ1n) is 10.6. The Morgan fingerprint density at radius 3 is 2.19 bits per heavy atom. The van der Waals surface area contributed by atoms with Gasteiger partial charge in [-0.25, -0.2) is 4.79 Å². The van der Waals surface area contributed by atoms with Gasteiger partial charge in [0.25, 0.3) is 11.8 Å². The minimum atomic E-state index is -0.975. The number of carbonyl (C=O) groups is 4. The van der Waals surface area contributed by atoms with E-state index in [1.807, 2.05) is 20.8 Å². The van der Waals surface area contributed by atoms with Crippen molar-refractivity contribution in [1.82, 2.24) is 15.1 Å². The summed E-state index contributed by atoms with van der Waals surface area (Å²) in [5, 5.41) is 12.0. The van der Waals surface area contributed by atoms with Crippen LogP contribution in [0.4, 0.5) is 4.79 Å². The van der Waals surface area contributed by atoms with Gasteiger partial charge in [0.15, 0.2) is 0 Å². The summed E-state index contributed by atoms with van der Waals surface area (Å²) >= 11 is 0. The number of nitrogens with one attached hydrogen (secondary N) is 1. The van der Waals surface area contributed by atoms with Crippen LogP contribution < -0.4 is 5.32 Å². The van der Waals surface area contributed by atoms with E-state index in [2.05, 4.69) is 5.32 Å². The van der Waals surface area contributed by atoms with E-state index < -0.39 is 11.6 Å². The summed E-state index contributed by atoms with van der Waals surface area (Å²) < 4.78 is 10.8. The highest BCUT2D eigenvalue weighted by Gasteiger charge is 2.25. The summed E-state index contributed by atoms with van der Waals surface area (Å²) in [7, 11) is 0. The third kappa shape index (κ3) is 10.9. The van der Waals surface area contributed by atoms with Gasteiger partial charge >= 0.3 is 6.09 Å². The van der Waals surface area contributed by atoms with Crippen LogP contribution in [0.3, 0.4) is 0 Å². The maximum Gasteiger partial charge on any atom is 0.407 e. The zero-order valence-electron chi connectivity index (χ0n) is 18.7. The van der Waals surface area contributed by atoms with Gasteiger partial charge in [0.05, 0.1) is 26.4 Å². The lowest BCUT2D eigenvalue weighted by Crippen LogP contribution is -2.46. The predicted molar refractivity (Wildman–Crippen MR) is 113 cm³/mol. The molecule has 0 unspecified atom stereocenters. The van der Waals surface area contributed by atoms with Gasteiger partial charge in [-0.2, -0.15) is 0 Å². The number of ether oxygens (including phenoxy) is 2. The largest absolute Gasteiger partial charge is 0.465 e. The minimum Gasteiger partial charge on any atom is -0.465 e. The maximum absolute atomic E-state index is 11.8. The number of nitrogens with zero attached hydrogens (tertiary/aromatic N) is 2. The number of carbonyl (C=O) groups excluding carboxylic acids is 3. The fourth-order valence-corrected chi connectivity index (χ4v) is 2.93. The molecule has 10 nitrogen and oxygen atoms in total. The molecule has 0 atom stereocenters. The molecule has 10 heteroatoms. The lowest BCUT2D eigenvalue weighted by molar-refractivity contribution is -0.137. The van der Waals surface area contributed by atoms with Crippen molar-refractivity contribution in [2.24, 2.45) is 0 Å². The van der Waals surface area contributed by atoms with Gasteiger partial charge in [-0.1, -0.05) is 6.42 Å². The first-order valence-corrected chi connectivity index (χ1v) is 10.6. The first kappa shape index (κ1) is 26.6. The van der Waals surface area contributed by atoms with Crippen LogP contribution in [-0.2, 0) is 23.9 Å². The van der Waals surface area contributed by atoms with Crippen LogP contribution in [0.15, 0.2) is 12.2 Å². The smallest absolute Gasteiger partial charge is 0.407 e. The van der Waals surface area contributed by atoms with E-state index in [9.17, 15) is 24.3 Å². The molecule has 0 aliphatic carbocycles. The summed E-state index contributed by atoms with van der Waals surface area (Å²) in [5.74, 6) is -0.619. The number of carboxylic acid groups (broad SMARTS) is 1. The lowest BCUT2D eigenvalue weighted by Gasteiger charge is -2.32. The molecule has 0 saturated carbocycles. The van der Waals surface area contributed by atoms with Crippen LogP contribution in [0, 0.1) is 0 Å². The summed E-state index contributed by atoms with van der Waals surface area (Å²) in [6.45, 7) is 7.93. The molecule has 0 fully saturated rings. The fraction of sp³-hybridized carbons (Fsp3) is 0.714. The van der Waals surface area contributed by atoms with Crippen LogP contribution >= 0.6 is 0 Å². The van der Waals surface area contributed by atoms with Crippen molar-refractivity contribution in [2.45, 2.75) is 52.0 Å². The van der Waals surface area contributed by atoms with Crippen LogP contribution in [0.5, 0.6) is 0 Å². The van der Waals surface area contributed by atoms with Crippen LogP contribution in [0.25, 0.3) is 0 Å². The first-order chi connectivity index (χ1) is 14.6. The Bertz CT molecular complexity index is 625. The van der Waals surface area contributed by atoms with Gasteiger partial charge in [-0.15, -0.1) is 0 Å². The molecule has 1 aliphatic heterocycles. The number of amides is 4. The van der Waals surface area contributed by atoms with Crippen molar-refractivity contribution in [3.63, 3.8) is 0 Å². The molecule has 0 radical (unpaired) electrons. The summed E-state index contributed by atoms with van der Waals surface area (Å²) in [6, 6.07) is 0. The standard InChI is InChI=1S/C21H35N3O7/c1-21(2,3)24(20(28)29)12-14-31-16-15-30-13-10-22-17(25)7-5-4-6-11-23-18(26)8-9-19(23)27/h8-9H,4-7,10-16H2,1-3H3,(H,22,25)(H,28,29). The fourth-order valence-electron chi connectivity index (χ4n) is 2.93. The molecule has 1 rings (SSSR count). The van der Waals surface area contributed by atoms with Gasteiger partial charge in [0.1, 0.15) is 0 Å². The maximum atomic E-state index is 11.8. The van der Waals surface area contributed by atoms with Crippen molar-refractivity contribution >= 4 is 23.8 Å². The lowest BCUT2D eigenvalue weighted by atomic mass is 10.1. The minimum absolute atomic E-state index is 0.0641. The van der Waals surface area contributed by atoms with Crippen LogP contribution in [0.2, 0.25) is 0 Å². The van der Waals surface area contributed by atoms with Crippen molar-refractivity contribution in [3.8, 4) is 0 Å². The molecule has 1 heterocycles. The van der Waals surface area contributed by atoms with E-state index in [0.29, 0.717) is 58.8 Å². The molecule has 0 aromatic heterocycles. The molecular weight excluding hydrogens is 406 g/mol. The molecule has 1 aliphatic rings. The molecule has 0 spiro atoms. The van der Waals surface area contributed by atoms with E-state index in [1.165, 1.54) is 22.0 Å². The summed E-state index contributed by atoms with van der Waals surface area (Å²) in [6.07, 6.45) is 4.07. The Kier molecular flexibility index (Phi) is 11.8. The van der Waals surface area contributed by atoms with Gasteiger partial charge in [0, 0.05) is 43.7 Å². The molecule has 0 aromatic carbocycles. The van der Waals surface area contributed by atoms with Crippen LogP contribution in [0.1, 0.15) is 46.5 Å². The van der Waals surface area contributed by atoms with Crippen LogP contribution in [-0.4, -0.2) is 90.3 Å². The van der Waals surface area contributed by atoms with Gasteiger partial charge in [-0.05, 0) is 33.6 Å². The molecule has 31 heavy (non-hydrogen) atoms. The number of rotatable bonds is 15. The Hall–Kier alpha value is -2.46. The highest BCUT2D eigenvalue weighted by molar-refractivity contribution is 6.12. The predicted octanol–water partition coefficient (Wildman–Crippen LogP) is 1.40. The number of hydrogen-bond donors (Lipinski definition) is 2. The highest BCUT2D eigenvalue weighted by atomic mass is 16.5. The Labute approximate surface area is 183 Å². The normalized spacial score (nSPS) is 13.7. The average molecular weight is 442 g/mol. The van der Waals surface area contributed by atoms with Crippen molar-refractivity contribution in [3.05, 3.63) is 12.2 Å². The second kappa shape index (κ2) is 13.8. The molecule has 0 bridgehead atoms. The van der Waals surface area contributed by atoms with Crippen molar-refractivity contribution < 1.29 is 33.8 Å².